The highest BCUT2D eigenvalue weighted by Crippen LogP contribution is 2.38. The summed E-state index contributed by atoms with van der Waals surface area (Å²) in [5.74, 6) is 1.11. The molecule has 7 nitrogen and oxygen atoms in total. The minimum atomic E-state index is -0.534. The number of ether oxygens (including phenoxy) is 3. The van der Waals surface area contributed by atoms with Gasteiger partial charge in [-0.25, -0.2) is 14.4 Å². The Morgan fingerprint density at radius 2 is 2.12 bits per heavy atom. The molecule has 0 unspecified atom stereocenters. The topological polar surface area (TPSA) is 68.7 Å². The lowest BCUT2D eigenvalue weighted by Crippen LogP contribution is -2.44. The number of methoxy groups -OCH3 is 1. The van der Waals surface area contributed by atoms with Crippen molar-refractivity contribution in [2.24, 2.45) is 5.41 Å². The highest BCUT2D eigenvalue weighted by molar-refractivity contribution is 6.31. The van der Waals surface area contributed by atoms with Crippen LogP contribution in [0.5, 0.6) is 11.5 Å². The van der Waals surface area contributed by atoms with Crippen LogP contribution in [-0.4, -0.2) is 61.4 Å². The molecule has 33 heavy (non-hydrogen) atoms. The highest BCUT2D eigenvalue weighted by atomic mass is 35.5. The molecule has 0 bridgehead atoms. The predicted molar refractivity (Wildman–Crippen MR) is 125 cm³/mol. The second kappa shape index (κ2) is 9.29. The molecule has 3 heterocycles. The summed E-state index contributed by atoms with van der Waals surface area (Å²) in [6.07, 6.45) is 3.54. The van der Waals surface area contributed by atoms with Gasteiger partial charge in [-0.05, 0) is 37.6 Å². The van der Waals surface area contributed by atoms with Gasteiger partial charge in [0.15, 0.2) is 17.3 Å². The van der Waals surface area contributed by atoms with E-state index in [4.69, 9.17) is 25.8 Å². The van der Waals surface area contributed by atoms with Crippen LogP contribution >= 0.6 is 11.6 Å². The maximum atomic E-state index is 14.4. The number of halogens is 2. The van der Waals surface area contributed by atoms with Crippen LogP contribution in [0.2, 0.25) is 5.02 Å². The van der Waals surface area contributed by atoms with E-state index in [-0.39, 0.29) is 10.7 Å². The molecule has 3 aromatic rings. The van der Waals surface area contributed by atoms with Crippen molar-refractivity contribution in [2.75, 3.05) is 51.9 Å². The number of nitrogens with one attached hydrogen (secondary N) is 1. The fourth-order valence-corrected chi connectivity index (χ4v) is 4.65. The van der Waals surface area contributed by atoms with Crippen LogP contribution in [0.3, 0.4) is 0 Å². The number of aromatic nitrogens is 2. The normalized spacial score (nSPS) is 17.3. The van der Waals surface area contributed by atoms with Gasteiger partial charge in [0.1, 0.15) is 12.1 Å². The van der Waals surface area contributed by atoms with Gasteiger partial charge < -0.3 is 24.4 Å². The predicted octanol–water partition coefficient (Wildman–Crippen LogP) is 4.67. The molecule has 0 saturated carbocycles. The zero-order valence-electron chi connectivity index (χ0n) is 18.4. The molecule has 0 amide bonds. The summed E-state index contributed by atoms with van der Waals surface area (Å²) in [5.41, 5.74) is 1.29. The quantitative estimate of drug-likeness (QED) is 0.478. The summed E-state index contributed by atoms with van der Waals surface area (Å²) in [4.78, 5) is 11.1. The number of nitrogens with zero attached hydrogens (tertiary/aromatic N) is 3. The number of rotatable bonds is 8. The van der Waals surface area contributed by atoms with Crippen molar-refractivity contribution in [1.29, 1.82) is 0 Å². The van der Waals surface area contributed by atoms with E-state index in [1.165, 1.54) is 18.8 Å². The third-order valence-electron chi connectivity index (χ3n) is 6.34. The third kappa shape index (κ3) is 4.55. The second-order valence-corrected chi connectivity index (χ2v) is 9.10. The Labute approximate surface area is 196 Å². The summed E-state index contributed by atoms with van der Waals surface area (Å²) in [5, 5.41) is 3.75. The van der Waals surface area contributed by atoms with E-state index >= 15 is 0 Å². The first-order chi connectivity index (χ1) is 16.1. The zero-order valence-corrected chi connectivity index (χ0v) is 19.2. The van der Waals surface area contributed by atoms with Crippen LogP contribution in [0.25, 0.3) is 10.9 Å². The lowest BCUT2D eigenvalue weighted by Gasteiger charge is -2.37. The number of hydrogen-bond acceptors (Lipinski definition) is 7. The Balaban J connectivity index is 1.29. The standard InChI is InChI=1S/C24H26ClFN4O3/c1-31-20-11-19-16(23(28-15-27-19)29-18-5-2-4-17(25)22(18)26)10-21(20)33-9-3-7-30-8-6-24(12-30)13-32-14-24/h2,4-5,10-11,15H,3,6-9,12-14H2,1H3,(H,27,28,29). The first-order valence-electron chi connectivity index (χ1n) is 11.0. The van der Waals surface area contributed by atoms with Gasteiger partial charge in [0, 0.05) is 30.0 Å². The second-order valence-electron chi connectivity index (χ2n) is 8.69. The average Bonchev–Trinajstić information content (AvgIpc) is 3.25. The van der Waals surface area contributed by atoms with E-state index in [0.717, 1.165) is 39.3 Å². The molecule has 2 aromatic carbocycles. The van der Waals surface area contributed by atoms with Crippen LogP contribution in [0.15, 0.2) is 36.7 Å². The Morgan fingerprint density at radius 1 is 1.24 bits per heavy atom. The van der Waals surface area contributed by atoms with Gasteiger partial charge in [-0.15, -0.1) is 0 Å². The summed E-state index contributed by atoms with van der Waals surface area (Å²) in [7, 11) is 1.60. The van der Waals surface area contributed by atoms with Crippen molar-refractivity contribution in [1.82, 2.24) is 14.9 Å². The number of benzene rings is 2. The first-order valence-corrected chi connectivity index (χ1v) is 11.4. The van der Waals surface area contributed by atoms with E-state index in [2.05, 4.69) is 20.2 Å². The van der Waals surface area contributed by atoms with Gasteiger partial charge in [-0.1, -0.05) is 17.7 Å². The zero-order chi connectivity index (χ0) is 22.8. The highest BCUT2D eigenvalue weighted by Gasteiger charge is 2.43. The molecular weight excluding hydrogens is 447 g/mol. The number of anilines is 2. The molecule has 1 N–H and O–H groups in total. The molecule has 5 rings (SSSR count). The Hall–Kier alpha value is -2.68. The van der Waals surface area contributed by atoms with Crippen molar-refractivity contribution < 1.29 is 18.6 Å². The molecule has 2 saturated heterocycles. The lowest BCUT2D eigenvalue weighted by molar-refractivity contribution is -0.105. The van der Waals surface area contributed by atoms with Crippen molar-refractivity contribution in [2.45, 2.75) is 12.8 Å². The van der Waals surface area contributed by atoms with Crippen LogP contribution in [-0.2, 0) is 4.74 Å². The third-order valence-corrected chi connectivity index (χ3v) is 6.63. The van der Waals surface area contributed by atoms with Gasteiger partial charge in [0.2, 0.25) is 0 Å². The fraction of sp³-hybridized carbons (Fsp3) is 0.417. The molecule has 0 radical (unpaired) electrons. The number of likely N-dealkylation sites (tertiary alicyclic amines) is 1. The molecule has 0 atom stereocenters. The Kier molecular flexibility index (Phi) is 6.23. The molecule has 9 heteroatoms. The van der Waals surface area contributed by atoms with Crippen molar-refractivity contribution in [3.05, 3.63) is 47.5 Å². The lowest BCUT2D eigenvalue weighted by atomic mass is 9.85. The van der Waals surface area contributed by atoms with Crippen LogP contribution in [0.4, 0.5) is 15.9 Å². The maximum absolute atomic E-state index is 14.4. The molecule has 2 fully saturated rings. The fourth-order valence-electron chi connectivity index (χ4n) is 4.48. The smallest absolute Gasteiger partial charge is 0.165 e. The van der Waals surface area contributed by atoms with Gasteiger partial charge in [-0.2, -0.15) is 0 Å². The minimum absolute atomic E-state index is 0.0396. The first kappa shape index (κ1) is 22.1. The van der Waals surface area contributed by atoms with Crippen LogP contribution < -0.4 is 14.8 Å². The van der Waals surface area contributed by atoms with Crippen LogP contribution in [0, 0.1) is 11.2 Å². The minimum Gasteiger partial charge on any atom is -0.493 e. The number of hydrogen-bond donors (Lipinski definition) is 1. The Morgan fingerprint density at radius 3 is 2.88 bits per heavy atom. The summed E-state index contributed by atoms with van der Waals surface area (Å²) in [6.45, 7) is 5.56. The van der Waals surface area contributed by atoms with Gasteiger partial charge in [0.05, 0.1) is 43.2 Å². The van der Waals surface area contributed by atoms with Crippen molar-refractivity contribution in [3.63, 3.8) is 0 Å². The molecule has 1 spiro atoms. The molecule has 174 valence electrons. The molecule has 1 aromatic heterocycles. The molecule has 2 aliphatic heterocycles. The van der Waals surface area contributed by atoms with Crippen molar-refractivity contribution >= 4 is 34.0 Å². The molecule has 2 aliphatic rings. The molecular formula is C24H26ClFN4O3. The maximum Gasteiger partial charge on any atom is 0.165 e. The average molecular weight is 473 g/mol. The van der Waals surface area contributed by atoms with E-state index in [1.807, 2.05) is 6.07 Å². The SMILES string of the molecule is COc1cc2ncnc(Nc3cccc(Cl)c3F)c2cc1OCCCN1CCC2(COC2)C1. The Bertz CT molecular complexity index is 1160. The van der Waals surface area contributed by atoms with Crippen molar-refractivity contribution in [3.8, 4) is 11.5 Å². The van der Waals surface area contributed by atoms with Gasteiger partial charge in [0.25, 0.3) is 0 Å². The van der Waals surface area contributed by atoms with Gasteiger partial charge in [-0.3, -0.25) is 0 Å². The van der Waals surface area contributed by atoms with E-state index in [0.29, 0.717) is 40.2 Å². The number of fused-ring (bicyclic) bond motifs is 1. The summed E-state index contributed by atoms with van der Waals surface area (Å²) >= 11 is 5.91. The van der Waals surface area contributed by atoms with E-state index < -0.39 is 5.82 Å². The van der Waals surface area contributed by atoms with E-state index in [9.17, 15) is 4.39 Å². The van der Waals surface area contributed by atoms with E-state index in [1.54, 1.807) is 25.3 Å². The largest absolute Gasteiger partial charge is 0.493 e. The summed E-state index contributed by atoms with van der Waals surface area (Å²) in [6, 6.07) is 8.41. The molecule has 0 aliphatic carbocycles. The van der Waals surface area contributed by atoms with Gasteiger partial charge >= 0.3 is 0 Å². The monoisotopic (exact) mass is 472 g/mol. The van der Waals surface area contributed by atoms with Crippen LogP contribution in [0.1, 0.15) is 12.8 Å². The summed E-state index contributed by atoms with van der Waals surface area (Å²) < 4.78 is 31.4.